The van der Waals surface area contributed by atoms with Gasteiger partial charge in [0.05, 0.1) is 11.0 Å². The van der Waals surface area contributed by atoms with Crippen LogP contribution >= 0.6 is 0 Å². The number of aromatic amines is 1. The molecule has 0 saturated carbocycles. The summed E-state index contributed by atoms with van der Waals surface area (Å²) in [6.07, 6.45) is 5.65. The lowest BCUT2D eigenvalue weighted by atomic mass is 10.2. The average Bonchev–Trinajstić information content (AvgIpc) is 3.19. The number of rotatable bonds is 7. The van der Waals surface area contributed by atoms with Gasteiger partial charge in [0.2, 0.25) is 0 Å². The molecule has 0 bridgehead atoms. The zero-order chi connectivity index (χ0) is 19.9. The maximum Gasteiger partial charge on any atom is 0.267 e. The van der Waals surface area contributed by atoms with Crippen molar-refractivity contribution in [1.82, 2.24) is 15.4 Å². The van der Waals surface area contributed by atoms with E-state index < -0.39 is 0 Å². The van der Waals surface area contributed by atoms with Gasteiger partial charge in [-0.3, -0.25) is 4.79 Å². The molecule has 0 radical (unpaired) electrons. The predicted molar refractivity (Wildman–Crippen MR) is 109 cm³/mol. The summed E-state index contributed by atoms with van der Waals surface area (Å²) in [7, 11) is 0. The van der Waals surface area contributed by atoms with Crippen LogP contribution in [0.3, 0.4) is 0 Å². The number of imidazole rings is 1. The first-order chi connectivity index (χ1) is 14.3. The van der Waals surface area contributed by atoms with Crippen LogP contribution in [0.4, 0.5) is 0 Å². The molecule has 1 fully saturated rings. The van der Waals surface area contributed by atoms with E-state index in [1.807, 2.05) is 48.5 Å². The summed E-state index contributed by atoms with van der Waals surface area (Å²) < 4.78 is 11.2. The molecule has 7 nitrogen and oxygen atoms in total. The molecule has 1 aromatic heterocycles. The standard InChI is InChI=1S/C22H23N3O4/c26-21(25-29-22-7-3-4-14-27-22)13-10-16-8-11-17(12-9-16)28-15-20-23-18-5-1-2-6-19(18)24-20/h1-2,5-6,8-13,22H,3-4,7,14-15H2,(H,23,24)(H,25,26). The van der Waals surface area contributed by atoms with Crippen molar-refractivity contribution in [3.63, 3.8) is 0 Å². The van der Waals surface area contributed by atoms with Crippen LogP contribution in [0.2, 0.25) is 0 Å². The number of carbonyl (C=O) groups excluding carboxylic acids is 1. The van der Waals surface area contributed by atoms with E-state index in [2.05, 4.69) is 15.4 Å². The van der Waals surface area contributed by atoms with Gasteiger partial charge >= 0.3 is 0 Å². The van der Waals surface area contributed by atoms with E-state index in [-0.39, 0.29) is 12.2 Å². The van der Waals surface area contributed by atoms with E-state index >= 15 is 0 Å². The van der Waals surface area contributed by atoms with Crippen LogP contribution in [0.15, 0.2) is 54.6 Å². The van der Waals surface area contributed by atoms with Gasteiger partial charge in [0, 0.05) is 19.1 Å². The Kier molecular flexibility index (Phi) is 6.19. The molecule has 150 valence electrons. The number of para-hydroxylation sites is 2. The topological polar surface area (TPSA) is 85.5 Å². The second-order valence-electron chi connectivity index (χ2n) is 6.77. The van der Waals surface area contributed by atoms with Crippen molar-refractivity contribution in [3.05, 3.63) is 66.0 Å². The second-order valence-corrected chi connectivity index (χ2v) is 6.77. The quantitative estimate of drug-likeness (QED) is 0.472. The fourth-order valence-corrected chi connectivity index (χ4v) is 3.03. The third-order valence-electron chi connectivity index (χ3n) is 4.55. The van der Waals surface area contributed by atoms with Crippen molar-refractivity contribution in [3.8, 4) is 5.75 Å². The highest BCUT2D eigenvalue weighted by molar-refractivity contribution is 5.90. The van der Waals surface area contributed by atoms with Crippen molar-refractivity contribution in [2.24, 2.45) is 0 Å². The number of H-pyrrole nitrogens is 1. The number of aromatic nitrogens is 2. The minimum Gasteiger partial charge on any atom is -0.486 e. The van der Waals surface area contributed by atoms with Crippen LogP contribution in [0.1, 0.15) is 30.7 Å². The maximum absolute atomic E-state index is 11.8. The van der Waals surface area contributed by atoms with Gasteiger partial charge in [-0.05, 0) is 48.7 Å². The summed E-state index contributed by atoms with van der Waals surface area (Å²) >= 11 is 0. The molecule has 2 aromatic carbocycles. The number of hydrogen-bond acceptors (Lipinski definition) is 5. The van der Waals surface area contributed by atoms with Gasteiger partial charge in [-0.15, -0.1) is 0 Å². The highest BCUT2D eigenvalue weighted by atomic mass is 16.8. The summed E-state index contributed by atoms with van der Waals surface area (Å²) in [5, 5.41) is 0. The number of fused-ring (bicyclic) bond motifs is 1. The molecule has 7 heteroatoms. The molecule has 0 aliphatic carbocycles. The van der Waals surface area contributed by atoms with E-state index in [0.29, 0.717) is 13.2 Å². The summed E-state index contributed by atoms with van der Waals surface area (Å²) in [6, 6.07) is 15.3. The molecule has 2 N–H and O–H groups in total. The average molecular weight is 393 g/mol. The molecule has 1 aliphatic heterocycles. The third kappa shape index (κ3) is 5.43. The Bertz CT molecular complexity index is 942. The number of benzene rings is 2. The van der Waals surface area contributed by atoms with Gasteiger partial charge in [-0.25, -0.2) is 15.3 Å². The van der Waals surface area contributed by atoms with Crippen molar-refractivity contribution in [2.45, 2.75) is 32.2 Å². The zero-order valence-electron chi connectivity index (χ0n) is 16.0. The van der Waals surface area contributed by atoms with Crippen LogP contribution in [0.5, 0.6) is 5.75 Å². The minimum absolute atomic E-state index is 0.329. The van der Waals surface area contributed by atoms with E-state index in [1.54, 1.807) is 6.08 Å². The lowest BCUT2D eigenvalue weighted by Crippen LogP contribution is -2.32. The summed E-state index contributed by atoms with van der Waals surface area (Å²) in [4.78, 5) is 24.8. The molecule has 4 rings (SSSR count). The first kappa shape index (κ1) is 19.2. The van der Waals surface area contributed by atoms with Gasteiger partial charge in [-0.2, -0.15) is 0 Å². The van der Waals surface area contributed by atoms with Crippen LogP contribution in [0, 0.1) is 0 Å². The Morgan fingerprint density at radius 2 is 2.07 bits per heavy atom. The normalized spacial score (nSPS) is 16.9. The maximum atomic E-state index is 11.8. The number of hydroxylamine groups is 1. The summed E-state index contributed by atoms with van der Waals surface area (Å²) in [5.41, 5.74) is 5.19. The highest BCUT2D eigenvalue weighted by Crippen LogP contribution is 2.16. The van der Waals surface area contributed by atoms with Crippen LogP contribution in [0.25, 0.3) is 17.1 Å². The fraction of sp³-hybridized carbons (Fsp3) is 0.273. The lowest BCUT2D eigenvalue weighted by molar-refractivity contribution is -0.198. The molecule has 1 unspecified atom stereocenters. The summed E-state index contributed by atoms with van der Waals surface area (Å²) in [6.45, 7) is 1.02. The first-order valence-corrected chi connectivity index (χ1v) is 9.68. The summed E-state index contributed by atoms with van der Waals surface area (Å²) in [5.74, 6) is 1.17. The largest absolute Gasteiger partial charge is 0.486 e. The van der Waals surface area contributed by atoms with Crippen LogP contribution < -0.4 is 10.2 Å². The van der Waals surface area contributed by atoms with Gasteiger partial charge < -0.3 is 14.5 Å². The molecule has 1 amide bonds. The highest BCUT2D eigenvalue weighted by Gasteiger charge is 2.14. The Hall–Kier alpha value is -3.16. The molecule has 29 heavy (non-hydrogen) atoms. The minimum atomic E-state index is -0.357. The number of amides is 1. The Morgan fingerprint density at radius 3 is 2.86 bits per heavy atom. The second kappa shape index (κ2) is 9.36. The molecule has 3 aromatic rings. The number of nitrogens with zero attached hydrogens (tertiary/aromatic N) is 1. The van der Waals surface area contributed by atoms with Gasteiger partial charge in [-0.1, -0.05) is 24.3 Å². The number of hydrogen-bond donors (Lipinski definition) is 2. The van der Waals surface area contributed by atoms with Crippen LogP contribution in [-0.4, -0.2) is 28.8 Å². The predicted octanol–water partition coefficient (Wildman–Crippen LogP) is 3.73. The monoisotopic (exact) mass is 393 g/mol. The molecular formula is C22H23N3O4. The van der Waals surface area contributed by atoms with E-state index in [0.717, 1.165) is 47.4 Å². The molecule has 1 saturated heterocycles. The lowest BCUT2D eigenvalue weighted by Gasteiger charge is -2.21. The van der Waals surface area contributed by atoms with E-state index in [9.17, 15) is 4.79 Å². The molecule has 2 heterocycles. The SMILES string of the molecule is O=C(C=Cc1ccc(OCc2nc3ccccc3[nH]2)cc1)NOC1CCCCO1. The number of nitrogens with one attached hydrogen (secondary N) is 2. The van der Waals surface area contributed by atoms with Gasteiger partial charge in [0.25, 0.3) is 5.91 Å². The smallest absolute Gasteiger partial charge is 0.267 e. The van der Waals surface area contributed by atoms with Gasteiger partial charge in [0.1, 0.15) is 18.2 Å². The Labute approximate surface area is 168 Å². The fourth-order valence-electron chi connectivity index (χ4n) is 3.03. The van der Waals surface area contributed by atoms with E-state index in [4.69, 9.17) is 14.3 Å². The molecular weight excluding hydrogens is 370 g/mol. The van der Waals surface area contributed by atoms with Crippen molar-refractivity contribution in [1.29, 1.82) is 0 Å². The van der Waals surface area contributed by atoms with Gasteiger partial charge in [0.15, 0.2) is 6.29 Å². The van der Waals surface area contributed by atoms with Crippen molar-refractivity contribution < 1.29 is 19.1 Å². The van der Waals surface area contributed by atoms with Crippen molar-refractivity contribution >= 4 is 23.0 Å². The molecule has 0 spiro atoms. The number of ether oxygens (including phenoxy) is 2. The Morgan fingerprint density at radius 1 is 1.21 bits per heavy atom. The molecule has 1 atom stereocenters. The Balaban J connectivity index is 1.24. The first-order valence-electron chi connectivity index (χ1n) is 9.68. The van der Waals surface area contributed by atoms with E-state index in [1.165, 1.54) is 6.08 Å². The van der Waals surface area contributed by atoms with Crippen LogP contribution in [-0.2, 0) is 21.0 Å². The van der Waals surface area contributed by atoms with Crippen molar-refractivity contribution in [2.75, 3.05) is 6.61 Å². The number of carbonyl (C=O) groups is 1. The zero-order valence-corrected chi connectivity index (χ0v) is 16.0. The third-order valence-corrected chi connectivity index (χ3v) is 4.55. The molecule has 1 aliphatic rings.